The quantitative estimate of drug-likeness (QED) is 0.247. The highest BCUT2D eigenvalue weighted by Crippen LogP contribution is 2.04. The van der Waals surface area contributed by atoms with Crippen LogP contribution >= 0.6 is 0 Å². The van der Waals surface area contributed by atoms with Crippen molar-refractivity contribution >= 4 is 5.84 Å². The van der Waals surface area contributed by atoms with Gasteiger partial charge in [0.05, 0.1) is 6.61 Å². The van der Waals surface area contributed by atoms with E-state index < -0.39 is 0 Å². The molecule has 0 radical (unpaired) electrons. The summed E-state index contributed by atoms with van der Waals surface area (Å²) in [5.41, 5.74) is 5.47. The van der Waals surface area contributed by atoms with Gasteiger partial charge in [0.15, 0.2) is 0 Å². The van der Waals surface area contributed by atoms with Crippen LogP contribution in [0.1, 0.15) is 20.8 Å². The monoisotopic (exact) mass is 203 g/mol. The summed E-state index contributed by atoms with van der Waals surface area (Å²) in [5, 5.41) is 20.3. The summed E-state index contributed by atoms with van der Waals surface area (Å²) in [6, 6.07) is 0.344. The summed E-state index contributed by atoms with van der Waals surface area (Å²) in [5.74, 6) is 0.225. The van der Waals surface area contributed by atoms with Crippen molar-refractivity contribution in [3.05, 3.63) is 0 Å². The van der Waals surface area contributed by atoms with Crippen LogP contribution in [-0.4, -0.2) is 46.8 Å². The average Bonchev–Trinajstić information content (AvgIpc) is 2.15. The van der Waals surface area contributed by atoms with Gasteiger partial charge in [-0.05, 0) is 13.8 Å². The van der Waals surface area contributed by atoms with Crippen LogP contribution in [-0.2, 0) is 0 Å². The molecule has 0 saturated carbocycles. The number of nitrogens with zero attached hydrogens (tertiary/aromatic N) is 2. The Labute approximate surface area is 85.2 Å². The van der Waals surface area contributed by atoms with Crippen molar-refractivity contribution in [3.8, 4) is 0 Å². The molecule has 0 aliphatic carbocycles. The van der Waals surface area contributed by atoms with E-state index in [2.05, 4.69) is 23.9 Å². The number of hydrogen-bond acceptors (Lipinski definition) is 4. The van der Waals surface area contributed by atoms with E-state index in [1.807, 2.05) is 6.92 Å². The number of amidine groups is 1. The maximum Gasteiger partial charge on any atom is 0.143 e. The van der Waals surface area contributed by atoms with E-state index in [9.17, 15) is 0 Å². The first-order chi connectivity index (χ1) is 6.52. The number of aliphatic hydroxyl groups excluding tert-OH is 1. The molecular formula is C9H21N3O2. The van der Waals surface area contributed by atoms with E-state index in [1.165, 1.54) is 0 Å². The van der Waals surface area contributed by atoms with Gasteiger partial charge in [-0.1, -0.05) is 12.1 Å². The van der Waals surface area contributed by atoms with E-state index in [-0.39, 0.29) is 18.4 Å². The highest BCUT2D eigenvalue weighted by atomic mass is 16.4. The Balaban J connectivity index is 4.15. The van der Waals surface area contributed by atoms with Crippen LogP contribution in [0.3, 0.4) is 0 Å². The van der Waals surface area contributed by atoms with Crippen molar-refractivity contribution in [3.63, 3.8) is 0 Å². The Kier molecular flexibility index (Phi) is 6.23. The van der Waals surface area contributed by atoms with Crippen molar-refractivity contribution in [2.45, 2.75) is 26.8 Å². The van der Waals surface area contributed by atoms with Gasteiger partial charge in [-0.15, -0.1) is 0 Å². The molecule has 14 heavy (non-hydrogen) atoms. The molecule has 0 aliphatic rings. The molecule has 0 amide bonds. The van der Waals surface area contributed by atoms with E-state index in [0.717, 1.165) is 0 Å². The molecule has 5 nitrogen and oxygen atoms in total. The molecule has 0 fully saturated rings. The molecule has 0 aromatic carbocycles. The third kappa shape index (κ3) is 4.43. The lowest BCUT2D eigenvalue weighted by Crippen LogP contribution is -2.40. The van der Waals surface area contributed by atoms with Crippen molar-refractivity contribution in [1.82, 2.24) is 4.90 Å². The highest BCUT2D eigenvalue weighted by Gasteiger charge is 2.15. The summed E-state index contributed by atoms with van der Waals surface area (Å²) >= 11 is 0. The Morgan fingerprint density at radius 1 is 1.43 bits per heavy atom. The first kappa shape index (κ1) is 13.2. The molecule has 0 aromatic rings. The van der Waals surface area contributed by atoms with Crippen LogP contribution in [0.5, 0.6) is 0 Å². The zero-order valence-electron chi connectivity index (χ0n) is 9.14. The largest absolute Gasteiger partial charge is 0.409 e. The molecule has 4 N–H and O–H groups in total. The molecule has 0 rings (SSSR count). The predicted molar refractivity (Wildman–Crippen MR) is 56.4 cm³/mol. The molecular weight excluding hydrogens is 182 g/mol. The van der Waals surface area contributed by atoms with Crippen molar-refractivity contribution in [2.75, 3.05) is 19.7 Å². The number of hydrogen-bond donors (Lipinski definition) is 3. The van der Waals surface area contributed by atoms with Crippen LogP contribution in [0, 0.1) is 5.92 Å². The fourth-order valence-corrected chi connectivity index (χ4v) is 1.23. The Morgan fingerprint density at radius 2 is 2.00 bits per heavy atom. The van der Waals surface area contributed by atoms with E-state index in [1.54, 1.807) is 0 Å². The third-order valence-corrected chi connectivity index (χ3v) is 2.25. The molecule has 0 spiro atoms. The van der Waals surface area contributed by atoms with Gasteiger partial charge in [-0.2, -0.15) is 0 Å². The second-order valence-corrected chi connectivity index (χ2v) is 3.74. The number of nitrogens with two attached hydrogens (primary N) is 1. The lowest BCUT2D eigenvalue weighted by molar-refractivity contribution is 0.157. The first-order valence-electron chi connectivity index (χ1n) is 4.85. The zero-order valence-corrected chi connectivity index (χ0v) is 9.14. The topological polar surface area (TPSA) is 82.1 Å². The third-order valence-electron chi connectivity index (χ3n) is 2.25. The minimum Gasteiger partial charge on any atom is -0.409 e. The van der Waals surface area contributed by atoms with Crippen molar-refractivity contribution in [1.29, 1.82) is 0 Å². The van der Waals surface area contributed by atoms with Gasteiger partial charge < -0.3 is 16.0 Å². The Morgan fingerprint density at radius 3 is 2.36 bits per heavy atom. The van der Waals surface area contributed by atoms with Crippen LogP contribution in [0.2, 0.25) is 0 Å². The van der Waals surface area contributed by atoms with Gasteiger partial charge in [0.1, 0.15) is 5.84 Å². The summed E-state index contributed by atoms with van der Waals surface area (Å²) in [6.45, 7) is 7.42. The summed E-state index contributed by atoms with van der Waals surface area (Å²) < 4.78 is 0. The van der Waals surface area contributed by atoms with E-state index in [4.69, 9.17) is 16.0 Å². The van der Waals surface area contributed by atoms with E-state index >= 15 is 0 Å². The predicted octanol–water partition coefficient (Wildman–Crippen LogP) is 0.0716. The van der Waals surface area contributed by atoms with Gasteiger partial charge in [0.2, 0.25) is 0 Å². The molecule has 5 heteroatoms. The molecule has 0 aromatic heterocycles. The minimum absolute atomic E-state index is 0.00560. The maximum atomic E-state index is 8.84. The summed E-state index contributed by atoms with van der Waals surface area (Å²) in [4.78, 5) is 2.09. The standard InChI is InChI=1S/C9H21N3O2/c1-7(2)12(4-5-13)6-8(3)9(10)11-14/h7-8,13-14H,4-6H2,1-3H3,(H2,10,11). The van der Waals surface area contributed by atoms with E-state index in [0.29, 0.717) is 19.1 Å². The second kappa shape index (κ2) is 6.62. The average molecular weight is 203 g/mol. The Hall–Kier alpha value is -0.810. The molecule has 84 valence electrons. The number of oxime groups is 1. The Bertz CT molecular complexity index is 183. The van der Waals surface area contributed by atoms with Crippen LogP contribution in [0.4, 0.5) is 0 Å². The van der Waals surface area contributed by atoms with Gasteiger partial charge in [0, 0.05) is 25.0 Å². The first-order valence-corrected chi connectivity index (χ1v) is 4.85. The van der Waals surface area contributed by atoms with Gasteiger partial charge in [0.25, 0.3) is 0 Å². The smallest absolute Gasteiger partial charge is 0.143 e. The molecule has 0 aliphatic heterocycles. The lowest BCUT2D eigenvalue weighted by Gasteiger charge is -2.27. The van der Waals surface area contributed by atoms with Crippen molar-refractivity contribution < 1.29 is 10.3 Å². The molecule has 0 bridgehead atoms. The highest BCUT2D eigenvalue weighted by molar-refractivity contribution is 5.82. The molecule has 1 atom stereocenters. The fourth-order valence-electron chi connectivity index (χ4n) is 1.23. The van der Waals surface area contributed by atoms with Crippen LogP contribution in [0.25, 0.3) is 0 Å². The minimum atomic E-state index is -0.00560. The maximum absolute atomic E-state index is 8.84. The summed E-state index contributed by atoms with van der Waals surface area (Å²) in [6.07, 6.45) is 0. The normalized spacial score (nSPS) is 15.1. The SMILES string of the molecule is CC(CN(CCO)C(C)C)C(N)=NO. The zero-order chi connectivity index (χ0) is 11.1. The lowest BCUT2D eigenvalue weighted by atomic mass is 10.1. The van der Waals surface area contributed by atoms with Gasteiger partial charge >= 0.3 is 0 Å². The second-order valence-electron chi connectivity index (χ2n) is 3.74. The molecule has 0 heterocycles. The fraction of sp³-hybridized carbons (Fsp3) is 0.889. The van der Waals surface area contributed by atoms with Crippen LogP contribution in [0.15, 0.2) is 5.16 Å². The molecule has 1 unspecified atom stereocenters. The van der Waals surface area contributed by atoms with Gasteiger partial charge in [-0.25, -0.2) is 0 Å². The van der Waals surface area contributed by atoms with Gasteiger partial charge in [-0.3, -0.25) is 4.90 Å². The van der Waals surface area contributed by atoms with Crippen molar-refractivity contribution in [2.24, 2.45) is 16.8 Å². The number of aliphatic hydroxyl groups is 1. The molecule has 0 saturated heterocycles. The number of rotatable bonds is 6. The van der Waals surface area contributed by atoms with Crippen LogP contribution < -0.4 is 5.73 Å². The summed E-state index contributed by atoms with van der Waals surface area (Å²) in [7, 11) is 0.